The van der Waals surface area contributed by atoms with E-state index in [1.165, 1.54) is 0 Å². The van der Waals surface area contributed by atoms with Gasteiger partial charge in [0.2, 0.25) is 0 Å². The summed E-state index contributed by atoms with van der Waals surface area (Å²) in [6.45, 7) is 3.62. The second kappa shape index (κ2) is 3.57. The highest BCUT2D eigenvalue weighted by Gasteiger charge is 1.80. The van der Waals surface area contributed by atoms with Crippen LogP contribution in [0.4, 0.5) is 0 Å². The molecule has 0 saturated carbocycles. The molecule has 0 spiro atoms. The lowest BCUT2D eigenvalue weighted by atomic mass is 10.7. The zero-order valence-corrected chi connectivity index (χ0v) is 5.27. The highest BCUT2D eigenvalue weighted by Crippen LogP contribution is 2.08. The van der Waals surface area contributed by atoms with Crippen molar-refractivity contribution in [2.75, 3.05) is 12.1 Å². The first-order chi connectivity index (χ1) is 2.81. The Hall–Kier alpha value is 0.380. The molecule has 0 heterocycles. The average Bonchev–Trinajstić information content (AvgIpc) is 1.65. The molecule has 0 aromatic rings. The van der Waals surface area contributed by atoms with Crippen molar-refractivity contribution < 1.29 is 0 Å². The molecule has 0 atom stereocenters. The molecule has 0 radical (unpaired) electrons. The van der Waals surface area contributed by atoms with Gasteiger partial charge in [-0.1, -0.05) is 6.58 Å². The Bertz CT molecular complexity index is 45.5. The first-order valence-electron chi connectivity index (χ1n) is 1.59. The third kappa shape index (κ3) is 2.61. The normalized spacial score (nSPS) is 8.33. The van der Waals surface area contributed by atoms with Gasteiger partial charge in [-0.05, 0) is 11.2 Å². The minimum Gasteiger partial charge on any atom is -0.133 e. The number of halogens is 1. The van der Waals surface area contributed by atoms with E-state index in [2.05, 4.69) is 6.58 Å². The smallest absolute Gasteiger partial charge is 0.0527 e. The molecule has 36 valence electrons. The van der Waals surface area contributed by atoms with Gasteiger partial charge in [-0.15, -0.1) is 23.4 Å². The van der Waals surface area contributed by atoms with Gasteiger partial charge in [0.1, 0.15) is 0 Å². The lowest BCUT2D eigenvalue weighted by molar-refractivity contribution is 1.74. The van der Waals surface area contributed by atoms with E-state index < -0.39 is 0 Å². The summed E-state index contributed by atoms with van der Waals surface area (Å²) in [6, 6.07) is 0. The van der Waals surface area contributed by atoms with Crippen molar-refractivity contribution in [1.82, 2.24) is 0 Å². The maximum absolute atomic E-state index is 5.33. The van der Waals surface area contributed by atoms with Crippen LogP contribution in [-0.2, 0) is 0 Å². The predicted octanol–water partition coefficient (Wildman–Crippen LogP) is 2.10. The van der Waals surface area contributed by atoms with Crippen molar-refractivity contribution >= 4 is 23.4 Å². The van der Waals surface area contributed by atoms with Crippen LogP contribution in [0.1, 0.15) is 0 Å². The zero-order valence-electron chi connectivity index (χ0n) is 3.70. The van der Waals surface area contributed by atoms with Crippen molar-refractivity contribution in [2.45, 2.75) is 0 Å². The minimum atomic E-state index is 0.571. The molecule has 0 aliphatic carbocycles. The molecular weight excluding hydrogens is 116 g/mol. The third-order valence-corrected chi connectivity index (χ3v) is 1.64. The second-order valence-electron chi connectivity index (χ2n) is 0.876. The molecule has 0 aromatic heterocycles. The molecule has 0 aromatic carbocycles. The molecule has 0 N–H and O–H groups in total. The van der Waals surface area contributed by atoms with Crippen LogP contribution in [-0.4, -0.2) is 12.1 Å². The summed E-state index contributed by atoms with van der Waals surface area (Å²) >= 11 is 6.93. The fraction of sp³-hybridized carbons (Fsp3) is 0.500. The molecule has 2 heteroatoms. The predicted molar refractivity (Wildman–Crippen MR) is 33.4 cm³/mol. The fourth-order valence-corrected chi connectivity index (χ4v) is 0.491. The van der Waals surface area contributed by atoms with Gasteiger partial charge in [-0.25, -0.2) is 0 Å². The van der Waals surface area contributed by atoms with Crippen LogP contribution in [0.15, 0.2) is 11.5 Å². The SMILES string of the molecule is C=C(CCl)SC. The molecule has 0 fully saturated rings. The number of rotatable bonds is 2. The van der Waals surface area contributed by atoms with Gasteiger partial charge >= 0.3 is 0 Å². The van der Waals surface area contributed by atoms with Gasteiger partial charge in [0.15, 0.2) is 0 Å². The van der Waals surface area contributed by atoms with E-state index in [9.17, 15) is 0 Å². The Balaban J connectivity index is 2.99. The molecule has 0 nitrogen and oxygen atoms in total. The van der Waals surface area contributed by atoms with Crippen LogP contribution in [0.25, 0.3) is 0 Å². The van der Waals surface area contributed by atoms with Gasteiger partial charge in [0, 0.05) is 0 Å². The Morgan fingerprint density at radius 1 is 2.00 bits per heavy atom. The molecule has 0 rings (SSSR count). The number of allylic oxidation sites excluding steroid dienone is 1. The Labute approximate surface area is 47.6 Å². The van der Waals surface area contributed by atoms with Gasteiger partial charge in [-0.2, -0.15) is 0 Å². The van der Waals surface area contributed by atoms with E-state index in [1.54, 1.807) is 11.8 Å². The van der Waals surface area contributed by atoms with Crippen LogP contribution < -0.4 is 0 Å². The van der Waals surface area contributed by atoms with E-state index in [0.29, 0.717) is 5.88 Å². The first kappa shape index (κ1) is 6.38. The summed E-state index contributed by atoms with van der Waals surface area (Å²) in [5, 5.41) is 0. The average molecular weight is 123 g/mol. The fourth-order valence-electron chi connectivity index (χ4n) is 0.0546. The summed E-state index contributed by atoms with van der Waals surface area (Å²) in [6.07, 6.45) is 1.96. The van der Waals surface area contributed by atoms with Crippen molar-refractivity contribution in [3.05, 3.63) is 11.5 Å². The van der Waals surface area contributed by atoms with Crippen LogP contribution in [0.3, 0.4) is 0 Å². The van der Waals surface area contributed by atoms with Gasteiger partial charge in [0.05, 0.1) is 5.88 Å². The Morgan fingerprint density at radius 3 is 2.50 bits per heavy atom. The lowest BCUT2D eigenvalue weighted by Crippen LogP contribution is -1.68. The van der Waals surface area contributed by atoms with E-state index in [0.717, 1.165) is 4.91 Å². The molecule has 0 bridgehead atoms. The van der Waals surface area contributed by atoms with Crippen LogP contribution in [0.5, 0.6) is 0 Å². The monoisotopic (exact) mass is 122 g/mol. The van der Waals surface area contributed by atoms with E-state index in [1.807, 2.05) is 6.26 Å². The summed E-state index contributed by atoms with van der Waals surface area (Å²) in [5.74, 6) is 0.571. The molecule has 0 aliphatic rings. The first-order valence-corrected chi connectivity index (χ1v) is 3.35. The third-order valence-electron chi connectivity index (χ3n) is 0.438. The van der Waals surface area contributed by atoms with E-state index in [-0.39, 0.29) is 0 Å². The number of alkyl halides is 1. The minimum absolute atomic E-state index is 0.571. The van der Waals surface area contributed by atoms with Crippen LogP contribution in [0.2, 0.25) is 0 Å². The lowest BCUT2D eigenvalue weighted by Gasteiger charge is -1.87. The summed E-state index contributed by atoms with van der Waals surface area (Å²) < 4.78 is 0. The summed E-state index contributed by atoms with van der Waals surface area (Å²) in [7, 11) is 0. The van der Waals surface area contributed by atoms with Gasteiger partial charge in [0.25, 0.3) is 0 Å². The second-order valence-corrected chi connectivity index (χ2v) is 2.13. The topological polar surface area (TPSA) is 0 Å². The maximum atomic E-state index is 5.33. The largest absolute Gasteiger partial charge is 0.133 e. The van der Waals surface area contributed by atoms with Gasteiger partial charge < -0.3 is 0 Å². The van der Waals surface area contributed by atoms with Crippen LogP contribution in [0, 0.1) is 0 Å². The molecule has 6 heavy (non-hydrogen) atoms. The van der Waals surface area contributed by atoms with Crippen LogP contribution >= 0.6 is 23.4 Å². The molecule has 0 aliphatic heterocycles. The van der Waals surface area contributed by atoms with Crippen molar-refractivity contribution in [3.8, 4) is 0 Å². The Kier molecular flexibility index (Phi) is 3.79. The zero-order chi connectivity index (χ0) is 4.99. The highest BCUT2D eigenvalue weighted by molar-refractivity contribution is 8.02. The van der Waals surface area contributed by atoms with Crippen molar-refractivity contribution in [2.24, 2.45) is 0 Å². The number of hydrogen-bond acceptors (Lipinski definition) is 1. The molecule has 0 amide bonds. The summed E-state index contributed by atoms with van der Waals surface area (Å²) in [4.78, 5) is 1.02. The molecular formula is C4H7ClS. The standard InChI is InChI=1S/C4H7ClS/c1-4(3-5)6-2/h1,3H2,2H3. The summed E-state index contributed by atoms with van der Waals surface area (Å²) in [5.41, 5.74) is 0. The Morgan fingerprint density at radius 2 is 2.50 bits per heavy atom. The maximum Gasteiger partial charge on any atom is 0.0527 e. The van der Waals surface area contributed by atoms with Gasteiger partial charge in [-0.3, -0.25) is 0 Å². The quantitative estimate of drug-likeness (QED) is 0.506. The number of thioether (sulfide) groups is 1. The highest BCUT2D eigenvalue weighted by atomic mass is 35.5. The van der Waals surface area contributed by atoms with Crippen molar-refractivity contribution in [3.63, 3.8) is 0 Å². The number of hydrogen-bond donors (Lipinski definition) is 0. The molecule has 0 saturated heterocycles. The van der Waals surface area contributed by atoms with Crippen molar-refractivity contribution in [1.29, 1.82) is 0 Å². The molecule has 0 unspecified atom stereocenters. The van der Waals surface area contributed by atoms with E-state index >= 15 is 0 Å². The van der Waals surface area contributed by atoms with E-state index in [4.69, 9.17) is 11.6 Å².